The van der Waals surface area contributed by atoms with Gasteiger partial charge in [-0.1, -0.05) is 199 Å². The largest absolute Gasteiger partial charge is 0.472 e. The third-order valence-electron chi connectivity index (χ3n) is 10.3. The van der Waals surface area contributed by atoms with Crippen molar-refractivity contribution in [2.75, 3.05) is 19.8 Å². The summed E-state index contributed by atoms with van der Waals surface area (Å²) >= 11 is 0. The second-order valence-corrected chi connectivity index (χ2v) is 17.2. The summed E-state index contributed by atoms with van der Waals surface area (Å²) in [6, 6.07) is 0. The van der Waals surface area contributed by atoms with Crippen molar-refractivity contribution >= 4 is 19.8 Å². The van der Waals surface area contributed by atoms with Gasteiger partial charge in [0, 0.05) is 12.8 Å². The highest BCUT2D eigenvalue weighted by Crippen LogP contribution is 2.43. The van der Waals surface area contributed by atoms with E-state index >= 15 is 0 Å². The number of allylic oxidation sites excluding steroid dienone is 2. The predicted molar refractivity (Wildman–Crippen MR) is 230 cm³/mol. The third-order valence-corrected chi connectivity index (χ3v) is 11.4. The van der Waals surface area contributed by atoms with Crippen molar-refractivity contribution < 1.29 is 37.6 Å². The maximum Gasteiger partial charge on any atom is 0.472 e. The van der Waals surface area contributed by atoms with Gasteiger partial charge >= 0.3 is 19.8 Å². The van der Waals surface area contributed by atoms with Gasteiger partial charge in [-0.25, -0.2) is 4.57 Å². The summed E-state index contributed by atoms with van der Waals surface area (Å²) in [6.07, 6.45) is 45.5. The van der Waals surface area contributed by atoms with E-state index in [1.165, 1.54) is 167 Å². The Morgan fingerprint density at radius 2 is 0.818 bits per heavy atom. The van der Waals surface area contributed by atoms with Gasteiger partial charge in [-0.3, -0.25) is 18.6 Å². The molecule has 326 valence electrons. The number of carbonyl (C=O) groups is 2. The summed E-state index contributed by atoms with van der Waals surface area (Å²) in [7, 11) is -4.28. The molecule has 8 nitrogen and oxygen atoms in total. The summed E-state index contributed by atoms with van der Waals surface area (Å²) in [5.41, 5.74) is 0. The predicted octanol–water partition coefficient (Wildman–Crippen LogP) is 14.8. The lowest BCUT2D eigenvalue weighted by Crippen LogP contribution is -2.29. The van der Waals surface area contributed by atoms with Crippen molar-refractivity contribution in [3.8, 4) is 0 Å². The van der Waals surface area contributed by atoms with E-state index in [9.17, 15) is 19.0 Å². The minimum atomic E-state index is -4.28. The van der Waals surface area contributed by atoms with Gasteiger partial charge in [0.2, 0.25) is 0 Å². The smallest absolute Gasteiger partial charge is 0.462 e. The number of phosphoric ester groups is 1. The average Bonchev–Trinajstić information content (AvgIpc) is 3.16. The number of esters is 2. The highest BCUT2D eigenvalue weighted by atomic mass is 31.2. The summed E-state index contributed by atoms with van der Waals surface area (Å²) in [6.45, 7) is 5.51. The second-order valence-electron chi connectivity index (χ2n) is 15.8. The number of rotatable bonds is 44. The molecule has 0 fully saturated rings. The molecule has 0 aromatic heterocycles. The van der Waals surface area contributed by atoms with Gasteiger partial charge in [-0.05, 0) is 45.4 Å². The lowest BCUT2D eigenvalue weighted by molar-refractivity contribution is -0.161. The van der Waals surface area contributed by atoms with Gasteiger partial charge < -0.3 is 14.4 Å². The summed E-state index contributed by atoms with van der Waals surface area (Å²) in [5.74, 6) is -0.788. The molecule has 0 aromatic carbocycles. The second kappa shape index (κ2) is 42.4. The standard InChI is InChI=1S/C46H89O8P/c1-4-7-9-11-13-15-17-19-21-23-25-27-29-31-33-35-37-39-41-46(48)54-44(43-53-55(49,50)52-6-3)42-51-45(47)40-38-36-34-32-30-28-26-24-22-20-18-16-14-12-10-8-5-2/h21,23,44H,4-20,22,24-43H2,1-3H3,(H,49,50)/b23-21-. The van der Waals surface area contributed by atoms with Gasteiger partial charge in [0.1, 0.15) is 6.61 Å². The van der Waals surface area contributed by atoms with E-state index in [0.717, 1.165) is 38.5 Å². The van der Waals surface area contributed by atoms with Crippen LogP contribution in [0.15, 0.2) is 12.2 Å². The van der Waals surface area contributed by atoms with Gasteiger partial charge in [0.15, 0.2) is 6.10 Å². The molecule has 0 amide bonds. The van der Waals surface area contributed by atoms with Crippen molar-refractivity contribution in [2.24, 2.45) is 0 Å². The number of hydrogen-bond donors (Lipinski definition) is 1. The first kappa shape index (κ1) is 53.8. The molecule has 1 N–H and O–H groups in total. The molecule has 0 saturated heterocycles. The first-order valence-electron chi connectivity index (χ1n) is 23.5. The molecular weight excluding hydrogens is 711 g/mol. The normalized spacial score (nSPS) is 13.3. The molecule has 9 heteroatoms. The minimum Gasteiger partial charge on any atom is -0.462 e. The zero-order chi connectivity index (χ0) is 40.3. The van der Waals surface area contributed by atoms with Gasteiger partial charge in [0.25, 0.3) is 0 Å². The number of carbonyl (C=O) groups excluding carboxylic acids is 2. The fourth-order valence-electron chi connectivity index (χ4n) is 6.86. The Kier molecular flexibility index (Phi) is 41.5. The van der Waals surface area contributed by atoms with E-state index in [0.29, 0.717) is 12.8 Å². The summed E-state index contributed by atoms with van der Waals surface area (Å²) in [5, 5.41) is 0. The Balaban J connectivity index is 4.01. The molecule has 0 radical (unpaired) electrons. The Morgan fingerprint density at radius 1 is 0.473 bits per heavy atom. The lowest BCUT2D eigenvalue weighted by atomic mass is 10.0. The van der Waals surface area contributed by atoms with Crippen LogP contribution in [0.25, 0.3) is 0 Å². The number of ether oxygens (including phenoxy) is 2. The molecule has 55 heavy (non-hydrogen) atoms. The van der Waals surface area contributed by atoms with Crippen LogP contribution in [-0.4, -0.2) is 42.8 Å². The fraction of sp³-hybridized carbons (Fsp3) is 0.913. The first-order chi connectivity index (χ1) is 26.8. The topological polar surface area (TPSA) is 108 Å². The molecule has 0 aromatic rings. The van der Waals surface area contributed by atoms with E-state index in [2.05, 4.69) is 26.0 Å². The minimum absolute atomic E-state index is 0.00296. The van der Waals surface area contributed by atoms with Gasteiger partial charge in [0.05, 0.1) is 13.2 Å². The molecule has 0 rings (SSSR count). The van der Waals surface area contributed by atoms with Crippen LogP contribution < -0.4 is 0 Å². The van der Waals surface area contributed by atoms with Gasteiger partial charge in [-0.15, -0.1) is 0 Å². The number of unbranched alkanes of at least 4 members (excludes halogenated alkanes) is 30. The van der Waals surface area contributed by atoms with Crippen molar-refractivity contribution in [1.82, 2.24) is 0 Å². The SMILES string of the molecule is CCCCCCCCC/C=C\CCCCCCCCCC(=O)OC(COC(=O)CCCCCCCCCCCCCCCCCCC)COP(=O)(O)OCC. The first-order valence-corrected chi connectivity index (χ1v) is 25.0. The fourth-order valence-corrected chi connectivity index (χ4v) is 7.62. The van der Waals surface area contributed by atoms with E-state index in [1.807, 2.05) is 0 Å². The number of hydrogen-bond acceptors (Lipinski definition) is 7. The zero-order valence-electron chi connectivity index (χ0n) is 36.4. The monoisotopic (exact) mass is 801 g/mol. The van der Waals surface area contributed by atoms with Crippen molar-refractivity contribution in [3.63, 3.8) is 0 Å². The third kappa shape index (κ3) is 42.2. The Labute approximate surface area is 340 Å². The van der Waals surface area contributed by atoms with Crippen LogP contribution in [0, 0.1) is 0 Å². The van der Waals surface area contributed by atoms with E-state index in [1.54, 1.807) is 6.92 Å². The van der Waals surface area contributed by atoms with Crippen LogP contribution in [0.5, 0.6) is 0 Å². The number of phosphoric acid groups is 1. The lowest BCUT2D eigenvalue weighted by Gasteiger charge is -2.19. The quantitative estimate of drug-likeness (QED) is 0.0281. The molecule has 2 unspecified atom stereocenters. The van der Waals surface area contributed by atoms with E-state index < -0.39 is 19.9 Å². The zero-order valence-corrected chi connectivity index (χ0v) is 37.2. The van der Waals surface area contributed by atoms with Crippen molar-refractivity contribution in [3.05, 3.63) is 12.2 Å². The molecule has 0 aliphatic carbocycles. The summed E-state index contributed by atoms with van der Waals surface area (Å²) < 4.78 is 32.7. The molecule has 0 aliphatic rings. The van der Waals surface area contributed by atoms with Crippen molar-refractivity contribution in [1.29, 1.82) is 0 Å². The molecular formula is C46H89O8P. The highest BCUT2D eigenvalue weighted by molar-refractivity contribution is 7.47. The van der Waals surface area contributed by atoms with Crippen LogP contribution in [0.2, 0.25) is 0 Å². The summed E-state index contributed by atoms with van der Waals surface area (Å²) in [4.78, 5) is 34.8. The Hall–Kier alpha value is -1.21. The molecule has 0 spiro atoms. The Bertz CT molecular complexity index is 910. The highest BCUT2D eigenvalue weighted by Gasteiger charge is 2.25. The maximum atomic E-state index is 12.6. The molecule has 0 bridgehead atoms. The molecule has 0 saturated carbocycles. The molecule has 0 heterocycles. The van der Waals surface area contributed by atoms with Crippen molar-refractivity contribution in [2.45, 2.75) is 252 Å². The van der Waals surface area contributed by atoms with Crippen LogP contribution in [-0.2, 0) is 32.7 Å². The van der Waals surface area contributed by atoms with Crippen LogP contribution >= 0.6 is 7.82 Å². The average molecular weight is 801 g/mol. The van der Waals surface area contributed by atoms with E-state index in [4.69, 9.17) is 18.5 Å². The van der Waals surface area contributed by atoms with Crippen LogP contribution in [0.4, 0.5) is 0 Å². The van der Waals surface area contributed by atoms with Gasteiger partial charge in [-0.2, -0.15) is 0 Å². The molecule has 2 atom stereocenters. The van der Waals surface area contributed by atoms with Crippen LogP contribution in [0.3, 0.4) is 0 Å². The Morgan fingerprint density at radius 3 is 1.20 bits per heavy atom. The van der Waals surface area contributed by atoms with Crippen LogP contribution in [0.1, 0.15) is 245 Å². The maximum absolute atomic E-state index is 12.6. The molecule has 0 aliphatic heterocycles. The van der Waals surface area contributed by atoms with E-state index in [-0.39, 0.29) is 32.2 Å².